The second-order valence-electron chi connectivity index (χ2n) is 8.43. The van der Waals surface area contributed by atoms with Crippen LogP contribution in [0.4, 0.5) is 0 Å². The molecular formula is C22H46. The average Bonchev–Trinajstić information content (AvgIpc) is 2.45. The molecule has 0 aromatic carbocycles. The van der Waals surface area contributed by atoms with Crippen molar-refractivity contribution in [2.24, 2.45) is 17.8 Å². The molecule has 0 nitrogen and oxygen atoms in total. The van der Waals surface area contributed by atoms with E-state index in [1.54, 1.807) is 0 Å². The SMILES string of the molecule is CCCCCC(CCCCCC(C)C)CCCCCC(C)C. The normalized spacial score (nSPS) is 12.0. The van der Waals surface area contributed by atoms with Gasteiger partial charge in [0.05, 0.1) is 0 Å². The third kappa shape index (κ3) is 16.4. The molecule has 0 saturated heterocycles. The van der Waals surface area contributed by atoms with Gasteiger partial charge in [0.2, 0.25) is 0 Å². The van der Waals surface area contributed by atoms with Gasteiger partial charge in [-0.05, 0) is 17.8 Å². The number of unbranched alkanes of at least 4 members (excludes halogenated alkanes) is 6. The minimum absolute atomic E-state index is 0.890. The van der Waals surface area contributed by atoms with Crippen molar-refractivity contribution in [3.05, 3.63) is 0 Å². The first kappa shape index (κ1) is 22.0. The highest BCUT2D eigenvalue weighted by Gasteiger charge is 2.08. The van der Waals surface area contributed by atoms with Crippen molar-refractivity contribution in [2.45, 2.75) is 125 Å². The molecule has 0 radical (unpaired) electrons. The molecule has 0 spiro atoms. The molecule has 0 aliphatic carbocycles. The molecule has 0 amide bonds. The van der Waals surface area contributed by atoms with Crippen LogP contribution in [-0.4, -0.2) is 0 Å². The first-order valence-corrected chi connectivity index (χ1v) is 10.6. The van der Waals surface area contributed by atoms with Crippen LogP contribution in [0.25, 0.3) is 0 Å². The van der Waals surface area contributed by atoms with Gasteiger partial charge in [0.1, 0.15) is 0 Å². The van der Waals surface area contributed by atoms with Crippen molar-refractivity contribution in [1.82, 2.24) is 0 Å². The van der Waals surface area contributed by atoms with E-state index in [9.17, 15) is 0 Å². The smallest absolute Gasteiger partial charge is 0.0414 e. The van der Waals surface area contributed by atoms with Crippen LogP contribution in [0.1, 0.15) is 125 Å². The second-order valence-corrected chi connectivity index (χ2v) is 8.43. The molecule has 0 aromatic heterocycles. The lowest BCUT2D eigenvalue weighted by atomic mass is 9.89. The Balaban J connectivity index is 3.74. The van der Waals surface area contributed by atoms with Crippen molar-refractivity contribution >= 4 is 0 Å². The second kappa shape index (κ2) is 15.9. The Morgan fingerprint density at radius 2 is 0.818 bits per heavy atom. The van der Waals surface area contributed by atoms with Crippen LogP contribution >= 0.6 is 0 Å². The Bertz CT molecular complexity index is 186. The zero-order chi connectivity index (χ0) is 16.6. The van der Waals surface area contributed by atoms with Crippen LogP contribution in [-0.2, 0) is 0 Å². The van der Waals surface area contributed by atoms with E-state index in [0.29, 0.717) is 0 Å². The van der Waals surface area contributed by atoms with Crippen molar-refractivity contribution in [3.8, 4) is 0 Å². The fraction of sp³-hybridized carbons (Fsp3) is 1.00. The highest BCUT2D eigenvalue weighted by molar-refractivity contribution is 4.62. The third-order valence-electron chi connectivity index (χ3n) is 5.00. The van der Waals surface area contributed by atoms with Crippen LogP contribution in [0.3, 0.4) is 0 Å². The molecule has 22 heavy (non-hydrogen) atoms. The summed E-state index contributed by atoms with van der Waals surface area (Å²) in [5.41, 5.74) is 0. The van der Waals surface area contributed by atoms with Gasteiger partial charge < -0.3 is 0 Å². The van der Waals surface area contributed by atoms with Crippen LogP contribution < -0.4 is 0 Å². The quantitative estimate of drug-likeness (QED) is 0.251. The molecule has 0 aliphatic heterocycles. The van der Waals surface area contributed by atoms with E-state index in [-0.39, 0.29) is 0 Å². The van der Waals surface area contributed by atoms with E-state index in [2.05, 4.69) is 34.6 Å². The summed E-state index contributed by atoms with van der Waals surface area (Å²) in [6, 6.07) is 0. The monoisotopic (exact) mass is 310 g/mol. The van der Waals surface area contributed by atoms with Crippen molar-refractivity contribution in [2.75, 3.05) is 0 Å². The largest absolute Gasteiger partial charge is 0.0654 e. The van der Waals surface area contributed by atoms with Gasteiger partial charge >= 0.3 is 0 Å². The van der Waals surface area contributed by atoms with Gasteiger partial charge in [-0.15, -0.1) is 0 Å². The highest BCUT2D eigenvalue weighted by atomic mass is 14.1. The van der Waals surface area contributed by atoms with Crippen LogP contribution in [0, 0.1) is 17.8 Å². The van der Waals surface area contributed by atoms with Crippen LogP contribution in [0.5, 0.6) is 0 Å². The van der Waals surface area contributed by atoms with E-state index in [1.165, 1.54) is 89.9 Å². The first-order valence-electron chi connectivity index (χ1n) is 10.6. The van der Waals surface area contributed by atoms with Crippen molar-refractivity contribution in [1.29, 1.82) is 0 Å². The minimum atomic E-state index is 0.890. The topological polar surface area (TPSA) is 0 Å². The predicted octanol–water partition coefficient (Wildman–Crippen LogP) is 8.40. The van der Waals surface area contributed by atoms with Gasteiger partial charge in [0, 0.05) is 0 Å². The first-order chi connectivity index (χ1) is 10.6. The minimum Gasteiger partial charge on any atom is -0.0654 e. The lowest BCUT2D eigenvalue weighted by Gasteiger charge is -2.17. The lowest BCUT2D eigenvalue weighted by molar-refractivity contribution is 0.364. The summed E-state index contributed by atoms with van der Waals surface area (Å²) in [4.78, 5) is 0. The predicted molar refractivity (Wildman–Crippen MR) is 103 cm³/mol. The number of hydrogen-bond acceptors (Lipinski definition) is 0. The Labute approximate surface area is 142 Å². The Morgan fingerprint density at radius 1 is 0.455 bits per heavy atom. The summed E-state index contributed by atoms with van der Waals surface area (Å²) in [6.07, 6.45) is 20.5. The van der Waals surface area contributed by atoms with Gasteiger partial charge in [0.25, 0.3) is 0 Å². The van der Waals surface area contributed by atoms with Crippen molar-refractivity contribution in [3.63, 3.8) is 0 Å². The molecule has 0 rings (SSSR count). The van der Waals surface area contributed by atoms with Crippen LogP contribution in [0.15, 0.2) is 0 Å². The summed E-state index contributed by atoms with van der Waals surface area (Å²) in [7, 11) is 0. The summed E-state index contributed by atoms with van der Waals surface area (Å²) in [5, 5.41) is 0. The maximum absolute atomic E-state index is 2.35. The maximum atomic E-state index is 2.35. The standard InChI is InChI=1S/C22H46/c1-6-7-10-17-22(18-13-8-11-15-20(2)3)19-14-9-12-16-21(4)5/h20-22H,6-19H2,1-5H3. The maximum Gasteiger partial charge on any atom is -0.0414 e. The molecule has 134 valence electrons. The molecular weight excluding hydrogens is 264 g/mol. The van der Waals surface area contributed by atoms with Gasteiger partial charge in [-0.3, -0.25) is 0 Å². The molecule has 0 heterocycles. The molecule has 0 saturated carbocycles. The Kier molecular flexibility index (Phi) is 15.9. The van der Waals surface area contributed by atoms with E-state index in [4.69, 9.17) is 0 Å². The summed E-state index contributed by atoms with van der Waals surface area (Å²) < 4.78 is 0. The van der Waals surface area contributed by atoms with Gasteiger partial charge in [-0.1, -0.05) is 125 Å². The highest BCUT2D eigenvalue weighted by Crippen LogP contribution is 2.24. The van der Waals surface area contributed by atoms with Gasteiger partial charge in [-0.25, -0.2) is 0 Å². The summed E-state index contributed by atoms with van der Waals surface area (Å²) in [6.45, 7) is 11.7. The lowest BCUT2D eigenvalue weighted by Crippen LogP contribution is -2.02. The van der Waals surface area contributed by atoms with Gasteiger partial charge in [-0.2, -0.15) is 0 Å². The van der Waals surface area contributed by atoms with E-state index < -0.39 is 0 Å². The van der Waals surface area contributed by atoms with Crippen molar-refractivity contribution < 1.29 is 0 Å². The summed E-state index contributed by atoms with van der Waals surface area (Å²) in [5.74, 6) is 2.81. The fourth-order valence-electron chi connectivity index (χ4n) is 3.44. The molecule has 0 N–H and O–H groups in total. The van der Waals surface area contributed by atoms with E-state index in [1.807, 2.05) is 0 Å². The molecule has 0 bridgehead atoms. The molecule has 0 aliphatic rings. The summed E-state index contributed by atoms with van der Waals surface area (Å²) >= 11 is 0. The van der Waals surface area contributed by atoms with E-state index in [0.717, 1.165) is 17.8 Å². The third-order valence-corrected chi connectivity index (χ3v) is 5.00. The van der Waals surface area contributed by atoms with E-state index >= 15 is 0 Å². The molecule has 0 atom stereocenters. The zero-order valence-electron chi connectivity index (χ0n) is 16.6. The zero-order valence-corrected chi connectivity index (χ0v) is 16.6. The molecule has 0 unspecified atom stereocenters. The molecule has 0 fully saturated rings. The number of hydrogen-bond donors (Lipinski definition) is 0. The molecule has 0 heteroatoms. The Morgan fingerprint density at radius 3 is 1.18 bits per heavy atom. The van der Waals surface area contributed by atoms with Gasteiger partial charge in [0.15, 0.2) is 0 Å². The Hall–Kier alpha value is 0. The average molecular weight is 311 g/mol. The molecule has 0 aromatic rings. The van der Waals surface area contributed by atoms with Crippen LogP contribution in [0.2, 0.25) is 0 Å². The fourth-order valence-corrected chi connectivity index (χ4v) is 3.44. The number of rotatable bonds is 16.